The molecule has 39 heavy (non-hydrogen) atoms. The van der Waals surface area contributed by atoms with Crippen LogP contribution in [0.2, 0.25) is 0 Å². The predicted octanol–water partition coefficient (Wildman–Crippen LogP) is 5.14. The Hall–Kier alpha value is -4.59. The van der Waals surface area contributed by atoms with Crippen LogP contribution in [0.5, 0.6) is 11.5 Å². The second kappa shape index (κ2) is 11.4. The molecule has 1 heterocycles. The van der Waals surface area contributed by atoms with Gasteiger partial charge in [0.25, 0.3) is 11.7 Å². The van der Waals surface area contributed by atoms with Crippen molar-refractivity contribution < 1.29 is 34.1 Å². The van der Waals surface area contributed by atoms with Crippen LogP contribution >= 0.6 is 0 Å². The Bertz CT molecular complexity index is 1440. The first kappa shape index (κ1) is 27.4. The maximum absolute atomic E-state index is 13.3. The molecule has 1 unspecified atom stereocenters. The average Bonchev–Trinajstić information content (AvgIpc) is 3.16. The molecule has 0 saturated carbocycles. The van der Waals surface area contributed by atoms with Crippen molar-refractivity contribution in [2.45, 2.75) is 33.4 Å². The number of hydrogen-bond donors (Lipinski definition) is 2. The van der Waals surface area contributed by atoms with E-state index in [-0.39, 0.29) is 23.6 Å². The summed E-state index contributed by atoms with van der Waals surface area (Å²) >= 11 is 0. The number of aliphatic hydroxyl groups excluding tert-OH is 1. The molecular weight excluding hydrogens is 498 g/mol. The molecule has 1 amide bonds. The lowest BCUT2D eigenvalue weighted by Crippen LogP contribution is -2.29. The van der Waals surface area contributed by atoms with E-state index in [1.165, 1.54) is 24.1 Å². The first-order chi connectivity index (χ1) is 18.6. The highest BCUT2D eigenvalue weighted by atomic mass is 16.5. The van der Waals surface area contributed by atoms with Gasteiger partial charge in [0.1, 0.15) is 17.3 Å². The van der Waals surface area contributed by atoms with Gasteiger partial charge >= 0.3 is 5.97 Å². The number of rotatable bonds is 8. The number of aromatic hydroxyl groups is 1. The van der Waals surface area contributed by atoms with E-state index in [4.69, 9.17) is 9.47 Å². The molecule has 0 radical (unpaired) electrons. The third kappa shape index (κ3) is 5.80. The Morgan fingerprint density at radius 1 is 1.00 bits per heavy atom. The highest BCUT2D eigenvalue weighted by Crippen LogP contribution is 2.41. The van der Waals surface area contributed by atoms with Gasteiger partial charge in [0.05, 0.1) is 30.9 Å². The van der Waals surface area contributed by atoms with Gasteiger partial charge in [-0.2, -0.15) is 0 Å². The first-order valence-corrected chi connectivity index (χ1v) is 12.6. The van der Waals surface area contributed by atoms with Crippen LogP contribution in [0.3, 0.4) is 0 Å². The van der Waals surface area contributed by atoms with Crippen LogP contribution in [0.25, 0.3) is 5.76 Å². The van der Waals surface area contributed by atoms with Crippen molar-refractivity contribution in [2.24, 2.45) is 5.92 Å². The SMILES string of the molecule is COC(=O)c1ccc(CN2C(=O)C(=O)/C(=C(\O)c3ccc(OCC(C)C)c(C)c3)C2c2cccc(O)c2)cc1. The predicted molar refractivity (Wildman–Crippen MR) is 145 cm³/mol. The summed E-state index contributed by atoms with van der Waals surface area (Å²) in [6.07, 6.45) is 0. The van der Waals surface area contributed by atoms with E-state index in [1.807, 2.05) is 20.8 Å². The van der Waals surface area contributed by atoms with E-state index in [2.05, 4.69) is 0 Å². The fraction of sp³-hybridized carbons (Fsp3) is 0.258. The number of esters is 1. The number of phenols is 1. The van der Waals surface area contributed by atoms with Gasteiger partial charge < -0.3 is 24.6 Å². The lowest BCUT2D eigenvalue weighted by molar-refractivity contribution is -0.140. The van der Waals surface area contributed by atoms with Crippen LogP contribution < -0.4 is 4.74 Å². The van der Waals surface area contributed by atoms with Crippen LogP contribution in [-0.4, -0.2) is 46.5 Å². The highest BCUT2D eigenvalue weighted by molar-refractivity contribution is 6.46. The number of aliphatic hydroxyl groups is 1. The average molecular weight is 530 g/mol. The van der Waals surface area contributed by atoms with Gasteiger partial charge in [-0.1, -0.05) is 38.1 Å². The Morgan fingerprint density at radius 2 is 1.69 bits per heavy atom. The number of aryl methyl sites for hydroxylation is 1. The maximum atomic E-state index is 13.3. The number of nitrogens with zero attached hydrogens (tertiary/aromatic N) is 1. The summed E-state index contributed by atoms with van der Waals surface area (Å²) in [5.74, 6) is -1.45. The molecule has 4 rings (SSSR count). The Morgan fingerprint density at radius 3 is 2.31 bits per heavy atom. The van der Waals surface area contributed by atoms with Crippen molar-refractivity contribution in [3.05, 3.63) is 100 Å². The molecule has 0 bridgehead atoms. The van der Waals surface area contributed by atoms with E-state index in [9.17, 15) is 24.6 Å². The summed E-state index contributed by atoms with van der Waals surface area (Å²) in [6, 6.07) is 16.9. The fourth-order valence-electron chi connectivity index (χ4n) is 4.52. The summed E-state index contributed by atoms with van der Waals surface area (Å²) in [7, 11) is 1.29. The third-order valence-corrected chi connectivity index (χ3v) is 6.47. The normalized spacial score (nSPS) is 16.5. The van der Waals surface area contributed by atoms with Gasteiger partial charge in [0.2, 0.25) is 0 Å². The van der Waals surface area contributed by atoms with Gasteiger partial charge in [0.15, 0.2) is 0 Å². The molecule has 1 aliphatic heterocycles. The zero-order valence-electron chi connectivity index (χ0n) is 22.3. The fourth-order valence-corrected chi connectivity index (χ4v) is 4.52. The molecule has 0 aliphatic carbocycles. The first-order valence-electron chi connectivity index (χ1n) is 12.6. The highest BCUT2D eigenvalue weighted by Gasteiger charge is 2.46. The van der Waals surface area contributed by atoms with E-state index in [0.717, 1.165) is 5.56 Å². The smallest absolute Gasteiger partial charge is 0.337 e. The number of phenolic OH excluding ortho intramolecular Hbond substituents is 1. The van der Waals surface area contributed by atoms with Crippen molar-refractivity contribution in [3.8, 4) is 11.5 Å². The summed E-state index contributed by atoms with van der Waals surface area (Å²) in [5.41, 5.74) is 2.55. The molecule has 8 nitrogen and oxygen atoms in total. The molecule has 1 saturated heterocycles. The van der Waals surface area contributed by atoms with Crippen molar-refractivity contribution in [2.75, 3.05) is 13.7 Å². The standard InChI is InChI=1S/C31H31NO7/c1-18(2)17-39-25-13-12-23(14-19(25)3)28(34)26-27(22-6-5-7-24(33)15-22)32(30(36)29(26)35)16-20-8-10-21(11-9-20)31(37)38-4/h5-15,18,27,33-34H,16-17H2,1-4H3/b28-26-. The monoisotopic (exact) mass is 529 g/mol. The number of amides is 1. The minimum atomic E-state index is -0.949. The van der Waals surface area contributed by atoms with Crippen LogP contribution in [0.1, 0.15) is 52.5 Å². The number of benzene rings is 3. The molecule has 2 N–H and O–H groups in total. The van der Waals surface area contributed by atoms with E-state index < -0.39 is 23.7 Å². The number of hydrogen-bond acceptors (Lipinski definition) is 7. The molecule has 3 aromatic rings. The number of carbonyl (C=O) groups excluding carboxylic acids is 3. The van der Waals surface area contributed by atoms with Crippen LogP contribution in [0, 0.1) is 12.8 Å². The van der Waals surface area contributed by atoms with Gasteiger partial charge in [0, 0.05) is 12.1 Å². The molecule has 0 spiro atoms. The maximum Gasteiger partial charge on any atom is 0.337 e. The third-order valence-electron chi connectivity index (χ3n) is 6.47. The lowest BCUT2D eigenvalue weighted by Gasteiger charge is -2.25. The minimum Gasteiger partial charge on any atom is -0.508 e. The van der Waals surface area contributed by atoms with Crippen LogP contribution in [0.15, 0.2) is 72.3 Å². The molecule has 0 aromatic heterocycles. The second-order valence-corrected chi connectivity index (χ2v) is 9.90. The Kier molecular flexibility index (Phi) is 8.04. The largest absolute Gasteiger partial charge is 0.508 e. The van der Waals surface area contributed by atoms with Crippen LogP contribution in [0.4, 0.5) is 0 Å². The van der Waals surface area contributed by atoms with Crippen molar-refractivity contribution in [1.29, 1.82) is 0 Å². The van der Waals surface area contributed by atoms with E-state index >= 15 is 0 Å². The number of ketones is 1. The molecule has 1 aliphatic rings. The van der Waals surface area contributed by atoms with E-state index in [1.54, 1.807) is 54.6 Å². The summed E-state index contributed by atoms with van der Waals surface area (Å²) in [6.45, 7) is 6.50. The Balaban J connectivity index is 1.76. The van der Waals surface area contributed by atoms with Gasteiger partial charge in [-0.15, -0.1) is 0 Å². The number of ether oxygens (including phenoxy) is 2. The topological polar surface area (TPSA) is 113 Å². The van der Waals surface area contributed by atoms with E-state index in [0.29, 0.717) is 40.5 Å². The van der Waals surface area contributed by atoms with Gasteiger partial charge in [-0.05, 0) is 72.0 Å². The molecular formula is C31H31NO7. The summed E-state index contributed by atoms with van der Waals surface area (Å²) < 4.78 is 10.6. The molecule has 1 fully saturated rings. The number of methoxy groups -OCH3 is 1. The van der Waals surface area contributed by atoms with Crippen molar-refractivity contribution >= 4 is 23.4 Å². The Labute approximate surface area is 227 Å². The molecule has 3 aromatic carbocycles. The molecule has 1 atom stereocenters. The van der Waals surface area contributed by atoms with Gasteiger partial charge in [-0.3, -0.25) is 9.59 Å². The number of likely N-dealkylation sites (tertiary alicyclic amines) is 1. The molecule has 202 valence electrons. The lowest BCUT2D eigenvalue weighted by atomic mass is 9.94. The van der Waals surface area contributed by atoms with Crippen molar-refractivity contribution in [1.82, 2.24) is 4.90 Å². The van der Waals surface area contributed by atoms with Crippen molar-refractivity contribution in [3.63, 3.8) is 0 Å². The van der Waals surface area contributed by atoms with Gasteiger partial charge in [-0.25, -0.2) is 4.79 Å². The second-order valence-electron chi connectivity index (χ2n) is 9.90. The minimum absolute atomic E-state index is 0.0319. The summed E-state index contributed by atoms with van der Waals surface area (Å²) in [4.78, 5) is 39.8. The number of Topliss-reactive ketones (excluding diaryl/α,β-unsaturated/α-hetero) is 1. The zero-order chi connectivity index (χ0) is 28.3. The quantitative estimate of drug-likeness (QED) is 0.180. The van der Waals surface area contributed by atoms with Crippen LogP contribution in [-0.2, 0) is 20.9 Å². The number of carbonyl (C=O) groups is 3. The summed E-state index contributed by atoms with van der Waals surface area (Å²) in [5, 5.41) is 21.5. The molecule has 8 heteroatoms. The zero-order valence-corrected chi connectivity index (χ0v) is 22.3.